The lowest BCUT2D eigenvalue weighted by molar-refractivity contribution is -0.143. The third-order valence-corrected chi connectivity index (χ3v) is 3.75. The van der Waals surface area contributed by atoms with Crippen LogP contribution in [0.1, 0.15) is 85.0 Å². The first-order valence-corrected chi connectivity index (χ1v) is 10.5. The molecular weight excluding hydrogens is 352 g/mol. The average Bonchev–Trinajstić information content (AvgIpc) is 2.65. The van der Waals surface area contributed by atoms with E-state index in [-0.39, 0.29) is 11.5 Å². The van der Waals surface area contributed by atoms with Crippen LogP contribution in [-0.4, -0.2) is 23.7 Å². The molecule has 0 spiro atoms. The fourth-order valence-electron chi connectivity index (χ4n) is 2.09. The van der Waals surface area contributed by atoms with E-state index in [4.69, 9.17) is 9.84 Å². The standard InChI is InChI=1S/C20H34O2.C4H6O2/c1-3-5-6-7-8-9-10-11-12-13-14-15-16-17-18-19-20(21)22-4-2;1-3(2)4(5)6/h7-12H,3-6,13-19H2,1-2H3;1H2,2H3,(H,5,6). The van der Waals surface area contributed by atoms with Crippen molar-refractivity contribution in [3.05, 3.63) is 48.6 Å². The van der Waals surface area contributed by atoms with Crippen LogP contribution in [0.15, 0.2) is 48.6 Å². The Labute approximate surface area is 172 Å². The molecule has 0 aliphatic heterocycles. The summed E-state index contributed by atoms with van der Waals surface area (Å²) >= 11 is 0. The summed E-state index contributed by atoms with van der Waals surface area (Å²) in [6, 6.07) is 0. The Morgan fingerprint density at radius 2 is 1.36 bits per heavy atom. The Morgan fingerprint density at radius 3 is 1.86 bits per heavy atom. The van der Waals surface area contributed by atoms with Gasteiger partial charge in [-0.25, -0.2) is 4.79 Å². The number of hydrogen-bond acceptors (Lipinski definition) is 3. The van der Waals surface area contributed by atoms with Gasteiger partial charge in [0.15, 0.2) is 0 Å². The second kappa shape index (κ2) is 22.9. The number of carboxylic acid groups (broad SMARTS) is 1. The van der Waals surface area contributed by atoms with Gasteiger partial charge in [0.05, 0.1) is 6.61 Å². The zero-order valence-electron chi connectivity index (χ0n) is 18.1. The van der Waals surface area contributed by atoms with Crippen molar-refractivity contribution < 1.29 is 19.4 Å². The normalized spacial score (nSPS) is 11.0. The fraction of sp³-hybridized carbons (Fsp3) is 0.583. The first kappa shape index (κ1) is 28.1. The molecule has 0 bridgehead atoms. The number of carbonyl (C=O) groups excluding carboxylic acids is 1. The van der Waals surface area contributed by atoms with Gasteiger partial charge in [0, 0.05) is 12.0 Å². The molecule has 0 atom stereocenters. The summed E-state index contributed by atoms with van der Waals surface area (Å²) in [4.78, 5) is 20.7. The lowest BCUT2D eigenvalue weighted by atomic mass is 10.1. The fourth-order valence-corrected chi connectivity index (χ4v) is 2.09. The van der Waals surface area contributed by atoms with Crippen molar-refractivity contribution >= 4 is 11.9 Å². The number of unbranched alkanes of at least 4 members (excludes halogenated alkanes) is 7. The molecule has 0 aliphatic rings. The molecule has 4 nitrogen and oxygen atoms in total. The van der Waals surface area contributed by atoms with E-state index in [1.54, 1.807) is 0 Å². The van der Waals surface area contributed by atoms with E-state index < -0.39 is 5.97 Å². The van der Waals surface area contributed by atoms with E-state index in [0.29, 0.717) is 13.0 Å². The van der Waals surface area contributed by atoms with E-state index >= 15 is 0 Å². The molecule has 0 heterocycles. The third kappa shape index (κ3) is 26.1. The number of aliphatic carboxylic acids is 1. The van der Waals surface area contributed by atoms with Crippen LogP contribution in [0.5, 0.6) is 0 Å². The number of rotatable bonds is 15. The van der Waals surface area contributed by atoms with Gasteiger partial charge in [-0.05, 0) is 39.5 Å². The van der Waals surface area contributed by atoms with E-state index in [1.165, 1.54) is 45.4 Å². The Hall–Kier alpha value is -2.10. The van der Waals surface area contributed by atoms with Gasteiger partial charge in [-0.15, -0.1) is 0 Å². The number of allylic oxidation sites excluding steroid dienone is 6. The van der Waals surface area contributed by atoms with Crippen LogP contribution in [0.3, 0.4) is 0 Å². The Morgan fingerprint density at radius 1 is 0.857 bits per heavy atom. The van der Waals surface area contributed by atoms with E-state index in [9.17, 15) is 9.59 Å². The molecule has 0 aromatic heterocycles. The molecule has 28 heavy (non-hydrogen) atoms. The first-order chi connectivity index (χ1) is 13.5. The molecule has 0 rings (SSSR count). The van der Waals surface area contributed by atoms with Gasteiger partial charge >= 0.3 is 11.9 Å². The van der Waals surface area contributed by atoms with Gasteiger partial charge in [0.1, 0.15) is 0 Å². The number of carbonyl (C=O) groups is 2. The predicted octanol–water partition coefficient (Wildman–Crippen LogP) is 6.79. The van der Waals surface area contributed by atoms with Crippen LogP contribution in [0, 0.1) is 0 Å². The quantitative estimate of drug-likeness (QED) is 0.144. The summed E-state index contributed by atoms with van der Waals surface area (Å²) in [6.45, 7) is 9.16. The van der Waals surface area contributed by atoms with Crippen LogP contribution in [0.25, 0.3) is 0 Å². The molecule has 0 aromatic rings. The second-order valence-corrected chi connectivity index (χ2v) is 6.58. The topological polar surface area (TPSA) is 63.6 Å². The summed E-state index contributed by atoms with van der Waals surface area (Å²) in [7, 11) is 0. The maximum atomic E-state index is 11.1. The lowest BCUT2D eigenvalue weighted by Crippen LogP contribution is -2.03. The van der Waals surface area contributed by atoms with Crippen LogP contribution in [0.2, 0.25) is 0 Å². The Bertz CT molecular complexity index is 475. The maximum absolute atomic E-state index is 11.1. The van der Waals surface area contributed by atoms with Crippen molar-refractivity contribution in [1.29, 1.82) is 0 Å². The van der Waals surface area contributed by atoms with Gasteiger partial charge in [0.2, 0.25) is 0 Å². The highest BCUT2D eigenvalue weighted by atomic mass is 16.5. The predicted molar refractivity (Wildman–Crippen MR) is 118 cm³/mol. The Balaban J connectivity index is 0. The lowest BCUT2D eigenvalue weighted by Gasteiger charge is -2.01. The minimum atomic E-state index is -0.935. The summed E-state index contributed by atoms with van der Waals surface area (Å²) in [5.74, 6) is -0.990. The van der Waals surface area contributed by atoms with E-state index in [1.807, 2.05) is 6.92 Å². The average molecular weight is 393 g/mol. The van der Waals surface area contributed by atoms with Crippen molar-refractivity contribution in [2.45, 2.75) is 85.0 Å². The molecule has 0 aromatic carbocycles. The molecule has 0 unspecified atom stereocenters. The summed E-state index contributed by atoms with van der Waals surface area (Å²) in [5, 5.41) is 7.89. The molecule has 0 saturated heterocycles. The van der Waals surface area contributed by atoms with Crippen molar-refractivity contribution in [1.82, 2.24) is 0 Å². The highest BCUT2D eigenvalue weighted by Gasteiger charge is 2.00. The third-order valence-electron chi connectivity index (χ3n) is 3.75. The molecule has 0 saturated carbocycles. The molecule has 0 aliphatic carbocycles. The van der Waals surface area contributed by atoms with Crippen molar-refractivity contribution in [2.24, 2.45) is 0 Å². The molecule has 0 amide bonds. The van der Waals surface area contributed by atoms with E-state index in [2.05, 4.69) is 50.0 Å². The van der Waals surface area contributed by atoms with Crippen molar-refractivity contribution in [2.75, 3.05) is 6.61 Å². The smallest absolute Gasteiger partial charge is 0.330 e. The highest BCUT2D eigenvalue weighted by Crippen LogP contribution is 2.08. The number of hydrogen-bond donors (Lipinski definition) is 1. The Kier molecular flexibility index (Phi) is 23.0. The largest absolute Gasteiger partial charge is 0.478 e. The first-order valence-electron chi connectivity index (χ1n) is 10.5. The SMILES string of the molecule is C=C(C)C(=O)O.CCCCC=CC=CC=CCCCCCCCC(=O)OCC. The number of carboxylic acids is 1. The van der Waals surface area contributed by atoms with Gasteiger partial charge in [-0.1, -0.05) is 82.1 Å². The minimum absolute atomic E-state index is 0.0547. The highest BCUT2D eigenvalue weighted by molar-refractivity contribution is 5.84. The molecule has 160 valence electrons. The zero-order chi connectivity index (χ0) is 21.5. The van der Waals surface area contributed by atoms with Gasteiger partial charge in [-0.2, -0.15) is 0 Å². The molecule has 4 heteroatoms. The molecule has 0 radical (unpaired) electrons. The zero-order valence-corrected chi connectivity index (χ0v) is 18.1. The molecular formula is C24H40O4. The monoisotopic (exact) mass is 392 g/mol. The maximum Gasteiger partial charge on any atom is 0.330 e. The summed E-state index contributed by atoms with van der Waals surface area (Å²) in [6.07, 6.45) is 24.1. The van der Waals surface area contributed by atoms with Crippen LogP contribution >= 0.6 is 0 Å². The van der Waals surface area contributed by atoms with Gasteiger partial charge in [-0.3, -0.25) is 4.79 Å². The number of esters is 1. The minimum Gasteiger partial charge on any atom is -0.478 e. The van der Waals surface area contributed by atoms with Crippen molar-refractivity contribution in [3.8, 4) is 0 Å². The van der Waals surface area contributed by atoms with Crippen LogP contribution in [-0.2, 0) is 14.3 Å². The summed E-state index contributed by atoms with van der Waals surface area (Å²) < 4.78 is 4.90. The summed E-state index contributed by atoms with van der Waals surface area (Å²) in [5.41, 5.74) is 0.176. The van der Waals surface area contributed by atoms with Crippen LogP contribution in [0.4, 0.5) is 0 Å². The van der Waals surface area contributed by atoms with Crippen molar-refractivity contribution in [3.63, 3.8) is 0 Å². The van der Waals surface area contributed by atoms with Crippen LogP contribution < -0.4 is 0 Å². The second-order valence-electron chi connectivity index (χ2n) is 6.58. The van der Waals surface area contributed by atoms with E-state index in [0.717, 1.165) is 19.3 Å². The molecule has 0 fully saturated rings. The number of ether oxygens (including phenoxy) is 1. The van der Waals surface area contributed by atoms with Gasteiger partial charge in [0.25, 0.3) is 0 Å². The van der Waals surface area contributed by atoms with Gasteiger partial charge < -0.3 is 9.84 Å². The molecule has 1 N–H and O–H groups in total.